The summed E-state index contributed by atoms with van der Waals surface area (Å²) in [7, 11) is 0. The Balaban J connectivity index is 1.29. The maximum atomic E-state index is 13.1. The van der Waals surface area contributed by atoms with Crippen LogP contribution >= 0.6 is 0 Å². The number of carbonyl (C=O) groups is 2. The van der Waals surface area contributed by atoms with E-state index in [1.807, 2.05) is 30.3 Å². The van der Waals surface area contributed by atoms with E-state index in [1.165, 1.54) is 10.5 Å². The van der Waals surface area contributed by atoms with E-state index in [0.29, 0.717) is 12.3 Å². The first-order chi connectivity index (χ1) is 16.2. The van der Waals surface area contributed by atoms with Crippen molar-refractivity contribution in [3.05, 3.63) is 66.2 Å². The van der Waals surface area contributed by atoms with Gasteiger partial charge in [0.25, 0.3) is 5.91 Å². The van der Waals surface area contributed by atoms with Gasteiger partial charge in [-0.05, 0) is 36.2 Å². The molecule has 2 aliphatic heterocycles. The van der Waals surface area contributed by atoms with Gasteiger partial charge in [0.2, 0.25) is 5.91 Å². The van der Waals surface area contributed by atoms with Crippen LogP contribution in [-0.2, 0) is 9.59 Å². The summed E-state index contributed by atoms with van der Waals surface area (Å²) in [5, 5.41) is 0. The summed E-state index contributed by atoms with van der Waals surface area (Å²) in [5.74, 6) is 0.523. The number of imide groups is 1. The zero-order valence-corrected chi connectivity index (χ0v) is 19.4. The summed E-state index contributed by atoms with van der Waals surface area (Å²) >= 11 is 0. The fourth-order valence-corrected chi connectivity index (χ4v) is 4.36. The van der Waals surface area contributed by atoms with Crippen molar-refractivity contribution in [3.8, 4) is 5.75 Å². The van der Waals surface area contributed by atoms with E-state index in [4.69, 9.17) is 4.74 Å². The van der Waals surface area contributed by atoms with Gasteiger partial charge in [-0.2, -0.15) is 0 Å². The van der Waals surface area contributed by atoms with Gasteiger partial charge >= 0.3 is 0 Å². The van der Waals surface area contributed by atoms with Gasteiger partial charge in [0.05, 0.1) is 24.8 Å². The maximum Gasteiger partial charge on any atom is 0.251 e. The molecule has 0 saturated carbocycles. The average molecular weight is 448 g/mol. The van der Waals surface area contributed by atoms with E-state index < -0.39 is 0 Å². The minimum Gasteiger partial charge on any atom is -0.494 e. The van der Waals surface area contributed by atoms with E-state index in [9.17, 15) is 9.59 Å². The molecular weight excluding hydrogens is 414 g/mol. The van der Waals surface area contributed by atoms with E-state index in [1.54, 1.807) is 12.1 Å². The number of piperazine rings is 1. The van der Waals surface area contributed by atoms with Crippen molar-refractivity contribution in [1.29, 1.82) is 0 Å². The molecule has 2 amide bonds. The summed E-state index contributed by atoms with van der Waals surface area (Å²) < 4.78 is 5.69. The smallest absolute Gasteiger partial charge is 0.251 e. The predicted molar refractivity (Wildman–Crippen MR) is 131 cm³/mol. The van der Waals surface area contributed by atoms with Gasteiger partial charge in [0, 0.05) is 32.7 Å². The highest BCUT2D eigenvalue weighted by molar-refractivity contribution is 6.22. The topological polar surface area (TPSA) is 53.1 Å². The van der Waals surface area contributed by atoms with Gasteiger partial charge in [-0.1, -0.05) is 55.8 Å². The van der Waals surface area contributed by atoms with Crippen molar-refractivity contribution < 1.29 is 14.3 Å². The summed E-state index contributed by atoms with van der Waals surface area (Å²) in [4.78, 5) is 31.7. The third-order valence-electron chi connectivity index (χ3n) is 6.31. The molecule has 2 aromatic rings. The maximum absolute atomic E-state index is 13.1. The van der Waals surface area contributed by atoms with E-state index >= 15 is 0 Å². The number of rotatable bonds is 9. The Morgan fingerprint density at radius 2 is 1.70 bits per heavy atom. The molecule has 2 heterocycles. The lowest BCUT2D eigenvalue weighted by atomic mass is 10.1. The third-order valence-corrected chi connectivity index (χ3v) is 6.31. The highest BCUT2D eigenvalue weighted by atomic mass is 16.5. The summed E-state index contributed by atoms with van der Waals surface area (Å²) in [5.41, 5.74) is 1.83. The van der Waals surface area contributed by atoms with E-state index in [0.717, 1.165) is 51.3 Å². The van der Waals surface area contributed by atoms with E-state index in [-0.39, 0.29) is 24.3 Å². The summed E-state index contributed by atoms with van der Waals surface area (Å²) in [6.45, 7) is 7.05. The highest BCUT2D eigenvalue weighted by Crippen LogP contribution is 2.28. The molecule has 2 saturated heterocycles. The molecule has 1 atom stereocenters. The minimum absolute atomic E-state index is 0.114. The van der Waals surface area contributed by atoms with Crippen molar-refractivity contribution in [2.75, 3.05) is 44.2 Å². The molecule has 6 heteroatoms. The number of unbranched alkanes of at least 4 members (excludes halogenated alkanes) is 1. The van der Waals surface area contributed by atoms with Crippen LogP contribution in [0.4, 0.5) is 5.69 Å². The molecule has 2 fully saturated rings. The van der Waals surface area contributed by atoms with Gasteiger partial charge in [-0.3, -0.25) is 19.4 Å². The molecule has 0 bridgehead atoms. The Morgan fingerprint density at radius 3 is 2.39 bits per heavy atom. The Hall–Kier alpha value is -2.96. The normalized spacial score (nSPS) is 20.2. The van der Waals surface area contributed by atoms with Crippen molar-refractivity contribution in [2.45, 2.75) is 32.2 Å². The molecule has 0 radical (unpaired) electrons. The zero-order chi connectivity index (χ0) is 23.0. The van der Waals surface area contributed by atoms with Crippen LogP contribution < -0.4 is 9.64 Å². The largest absolute Gasteiger partial charge is 0.494 e. The number of hydrogen-bond donors (Lipinski definition) is 0. The van der Waals surface area contributed by atoms with Gasteiger partial charge in [0.15, 0.2) is 0 Å². The number of ether oxygens (including phenoxy) is 1. The molecule has 6 nitrogen and oxygen atoms in total. The Kier molecular flexibility index (Phi) is 7.92. The van der Waals surface area contributed by atoms with Crippen molar-refractivity contribution in [1.82, 2.24) is 9.80 Å². The van der Waals surface area contributed by atoms with E-state index in [2.05, 4.69) is 41.0 Å². The molecule has 0 N–H and O–H groups in total. The minimum atomic E-state index is -0.361. The third kappa shape index (κ3) is 5.89. The molecule has 174 valence electrons. The molecule has 0 unspecified atom stereocenters. The SMILES string of the molecule is CCCCOc1ccc(N2C(=O)C[C@@H](N3CCN(C/C=C/c4ccccc4)CC3)C2=O)cc1. The van der Waals surface area contributed by atoms with Crippen LogP contribution in [0, 0.1) is 0 Å². The lowest BCUT2D eigenvalue weighted by Crippen LogP contribution is -2.52. The van der Waals surface area contributed by atoms with Gasteiger partial charge in [-0.15, -0.1) is 0 Å². The molecular formula is C27H33N3O3. The number of carbonyl (C=O) groups excluding carboxylic acids is 2. The number of hydrogen-bond acceptors (Lipinski definition) is 5. The first-order valence-electron chi connectivity index (χ1n) is 11.9. The van der Waals surface area contributed by atoms with Crippen molar-refractivity contribution in [2.24, 2.45) is 0 Å². The van der Waals surface area contributed by atoms with Crippen LogP contribution in [0.5, 0.6) is 5.75 Å². The molecule has 0 aromatic heterocycles. The Labute approximate surface area is 196 Å². The van der Waals surface area contributed by atoms with Crippen LogP contribution in [0.3, 0.4) is 0 Å². The lowest BCUT2D eigenvalue weighted by molar-refractivity contribution is -0.123. The summed E-state index contributed by atoms with van der Waals surface area (Å²) in [6.07, 6.45) is 6.66. The second-order valence-corrected chi connectivity index (χ2v) is 8.63. The molecule has 0 aliphatic carbocycles. The predicted octanol–water partition coefficient (Wildman–Crippen LogP) is 3.83. The Morgan fingerprint density at radius 1 is 0.970 bits per heavy atom. The van der Waals surface area contributed by atoms with Gasteiger partial charge < -0.3 is 4.74 Å². The lowest BCUT2D eigenvalue weighted by Gasteiger charge is -2.36. The van der Waals surface area contributed by atoms with Crippen molar-refractivity contribution >= 4 is 23.6 Å². The van der Waals surface area contributed by atoms with Crippen LogP contribution in [0.2, 0.25) is 0 Å². The molecule has 4 rings (SSSR count). The first kappa shape index (κ1) is 23.2. The fraction of sp³-hybridized carbons (Fsp3) is 0.407. The second-order valence-electron chi connectivity index (χ2n) is 8.63. The second kappa shape index (κ2) is 11.3. The molecule has 2 aliphatic rings. The number of benzene rings is 2. The van der Waals surface area contributed by atoms with Crippen LogP contribution in [0.25, 0.3) is 6.08 Å². The van der Waals surface area contributed by atoms with Crippen molar-refractivity contribution in [3.63, 3.8) is 0 Å². The number of nitrogens with zero attached hydrogens (tertiary/aromatic N) is 3. The molecule has 2 aromatic carbocycles. The molecule has 33 heavy (non-hydrogen) atoms. The first-order valence-corrected chi connectivity index (χ1v) is 11.9. The standard InChI is InChI=1S/C27H33N3O3/c1-2-3-20-33-24-13-11-23(12-14-24)30-26(31)21-25(27(30)32)29-18-16-28(17-19-29)15-7-10-22-8-5-4-6-9-22/h4-14,25H,2-3,15-21H2,1H3/b10-7+/t25-/m1/s1. The molecule has 0 spiro atoms. The number of anilines is 1. The summed E-state index contributed by atoms with van der Waals surface area (Å²) in [6, 6.07) is 17.2. The van der Waals surface area contributed by atoms with Gasteiger partial charge in [0.1, 0.15) is 5.75 Å². The monoisotopic (exact) mass is 447 g/mol. The average Bonchev–Trinajstić information content (AvgIpc) is 3.14. The van der Waals surface area contributed by atoms with Crippen LogP contribution in [0.15, 0.2) is 60.7 Å². The quantitative estimate of drug-likeness (QED) is 0.432. The van der Waals surface area contributed by atoms with Crippen LogP contribution in [-0.4, -0.2) is 67.0 Å². The van der Waals surface area contributed by atoms with Crippen LogP contribution in [0.1, 0.15) is 31.7 Å². The zero-order valence-electron chi connectivity index (χ0n) is 19.4. The highest BCUT2D eigenvalue weighted by Gasteiger charge is 2.43. The fourth-order valence-electron chi connectivity index (χ4n) is 4.36. The number of amides is 2. The van der Waals surface area contributed by atoms with Gasteiger partial charge in [-0.25, -0.2) is 4.90 Å². The Bertz CT molecular complexity index is 950.